The predicted molar refractivity (Wildman–Crippen MR) is 94.7 cm³/mol. The lowest BCUT2D eigenvalue weighted by atomic mass is 9.82. The van der Waals surface area contributed by atoms with Crippen molar-refractivity contribution in [1.29, 1.82) is 0 Å². The van der Waals surface area contributed by atoms with Crippen LogP contribution in [0.5, 0.6) is 0 Å². The van der Waals surface area contributed by atoms with E-state index in [0.29, 0.717) is 5.56 Å². The van der Waals surface area contributed by atoms with E-state index in [1.165, 1.54) is 12.3 Å². The molecule has 3 heterocycles. The zero-order chi connectivity index (χ0) is 18.5. The molecule has 2 N–H and O–H groups in total. The lowest BCUT2D eigenvalue weighted by Gasteiger charge is -2.35. The molecule has 1 aromatic heterocycles. The van der Waals surface area contributed by atoms with E-state index < -0.39 is 30.4 Å². The van der Waals surface area contributed by atoms with Gasteiger partial charge in [0.05, 0.1) is 12.7 Å². The Hall–Kier alpha value is -2.42. The predicted octanol–water partition coefficient (Wildman–Crippen LogP) is 2.90. The van der Waals surface area contributed by atoms with E-state index >= 15 is 0 Å². The summed E-state index contributed by atoms with van der Waals surface area (Å²) < 4.78 is 43.2. The van der Waals surface area contributed by atoms with Crippen molar-refractivity contribution in [3.8, 4) is 0 Å². The number of rotatable bonds is 2. The minimum absolute atomic E-state index is 0.126. The summed E-state index contributed by atoms with van der Waals surface area (Å²) in [5.41, 5.74) is 5.23. The summed E-state index contributed by atoms with van der Waals surface area (Å²) in [5, 5.41) is 0. The van der Waals surface area contributed by atoms with E-state index in [1.807, 2.05) is 0 Å². The maximum absolute atomic E-state index is 14.7. The summed E-state index contributed by atoms with van der Waals surface area (Å²) in [5.74, 6) is -3.59. The Morgan fingerprint density at radius 3 is 2.77 bits per heavy atom. The summed E-state index contributed by atoms with van der Waals surface area (Å²) in [6.07, 6.45) is 2.48. The Bertz CT molecular complexity index is 946. The van der Waals surface area contributed by atoms with Gasteiger partial charge in [-0.2, -0.15) is 0 Å². The summed E-state index contributed by atoms with van der Waals surface area (Å²) in [6, 6.07) is 8.50. The molecule has 2 aliphatic heterocycles. The number of benzene rings is 1. The molecule has 9 heteroatoms. The van der Waals surface area contributed by atoms with Crippen molar-refractivity contribution in [3.63, 3.8) is 0 Å². The van der Waals surface area contributed by atoms with Gasteiger partial charge < -0.3 is 5.73 Å². The SMILES string of the molecule is NC1=NC(c2cccc(Br)c2)(c2ccncc2F)C2=NCC(F)(F)CN12. The molecular weight excluding hydrogens is 411 g/mol. The quantitative estimate of drug-likeness (QED) is 0.807. The first-order valence-electron chi connectivity index (χ1n) is 7.75. The molecule has 134 valence electrons. The standard InChI is InChI=1S/C17H13BrF3N5/c18-11-3-1-2-10(6-11)17(12-4-5-23-7-13(12)19)14-24-8-16(20,21)9-26(14)15(22)25-17/h1-7H,8-9H2,(H2,22,25). The smallest absolute Gasteiger partial charge is 0.284 e. The van der Waals surface area contributed by atoms with E-state index in [0.717, 1.165) is 15.6 Å². The van der Waals surface area contributed by atoms with Gasteiger partial charge in [-0.25, -0.2) is 18.2 Å². The molecule has 0 saturated carbocycles. The fourth-order valence-corrected chi connectivity index (χ4v) is 3.72. The van der Waals surface area contributed by atoms with Crippen LogP contribution in [0.1, 0.15) is 11.1 Å². The average Bonchev–Trinajstić information content (AvgIpc) is 2.87. The van der Waals surface area contributed by atoms with Gasteiger partial charge in [0.1, 0.15) is 18.2 Å². The van der Waals surface area contributed by atoms with Gasteiger partial charge in [0.2, 0.25) is 0 Å². The summed E-state index contributed by atoms with van der Waals surface area (Å²) >= 11 is 3.39. The monoisotopic (exact) mass is 423 g/mol. The van der Waals surface area contributed by atoms with Gasteiger partial charge in [-0.05, 0) is 23.8 Å². The van der Waals surface area contributed by atoms with Gasteiger partial charge >= 0.3 is 0 Å². The van der Waals surface area contributed by atoms with Crippen molar-refractivity contribution in [1.82, 2.24) is 9.88 Å². The topological polar surface area (TPSA) is 66.9 Å². The van der Waals surface area contributed by atoms with Crippen LogP contribution in [-0.2, 0) is 5.54 Å². The minimum atomic E-state index is -3.03. The van der Waals surface area contributed by atoms with Crippen molar-refractivity contribution in [3.05, 3.63) is 64.1 Å². The van der Waals surface area contributed by atoms with Gasteiger partial charge in [-0.15, -0.1) is 0 Å². The lowest BCUT2D eigenvalue weighted by molar-refractivity contribution is -0.00438. The third-order valence-electron chi connectivity index (χ3n) is 4.39. The summed E-state index contributed by atoms with van der Waals surface area (Å²) in [7, 11) is 0. The summed E-state index contributed by atoms with van der Waals surface area (Å²) in [4.78, 5) is 13.4. The number of aliphatic imine (C=N–C) groups is 2. The van der Waals surface area contributed by atoms with E-state index in [9.17, 15) is 13.2 Å². The highest BCUT2D eigenvalue weighted by molar-refractivity contribution is 9.10. The average molecular weight is 424 g/mol. The van der Waals surface area contributed by atoms with Crippen LogP contribution in [0.4, 0.5) is 13.2 Å². The lowest BCUT2D eigenvalue weighted by Crippen LogP contribution is -2.53. The fourth-order valence-electron chi connectivity index (χ4n) is 3.33. The van der Waals surface area contributed by atoms with Crippen LogP contribution < -0.4 is 5.73 Å². The van der Waals surface area contributed by atoms with Crippen molar-refractivity contribution in [2.45, 2.75) is 11.5 Å². The molecule has 0 amide bonds. The summed E-state index contributed by atoms with van der Waals surface area (Å²) in [6.45, 7) is -1.35. The highest BCUT2D eigenvalue weighted by atomic mass is 79.9. The normalized spacial score (nSPS) is 24.1. The zero-order valence-corrected chi connectivity index (χ0v) is 14.9. The van der Waals surface area contributed by atoms with Crippen molar-refractivity contribution in [2.24, 2.45) is 15.7 Å². The number of aromatic nitrogens is 1. The van der Waals surface area contributed by atoms with Crippen LogP contribution in [0.15, 0.2) is 57.2 Å². The minimum Gasteiger partial charge on any atom is -0.369 e. The number of amidine groups is 1. The second-order valence-corrected chi connectivity index (χ2v) is 7.04. The van der Waals surface area contributed by atoms with Crippen LogP contribution >= 0.6 is 15.9 Å². The van der Waals surface area contributed by atoms with Gasteiger partial charge in [0, 0.05) is 16.2 Å². The molecular formula is C17H13BrF3N5. The van der Waals surface area contributed by atoms with Crippen LogP contribution in [-0.4, -0.2) is 40.7 Å². The molecule has 1 atom stereocenters. The number of alkyl halides is 2. The number of hydrogen-bond acceptors (Lipinski definition) is 5. The molecule has 0 saturated heterocycles. The Morgan fingerprint density at radius 2 is 2.04 bits per heavy atom. The molecule has 0 radical (unpaired) electrons. The largest absolute Gasteiger partial charge is 0.369 e. The highest BCUT2D eigenvalue weighted by Gasteiger charge is 2.54. The molecule has 2 aliphatic rings. The number of guanidine groups is 1. The van der Waals surface area contributed by atoms with Gasteiger partial charge in [-0.3, -0.25) is 14.9 Å². The number of nitrogens with two attached hydrogens (primary N) is 1. The first kappa shape index (κ1) is 17.0. The number of hydrogen-bond donors (Lipinski definition) is 1. The number of nitrogens with zero attached hydrogens (tertiary/aromatic N) is 4. The molecule has 5 nitrogen and oxygen atoms in total. The maximum atomic E-state index is 14.7. The molecule has 1 unspecified atom stereocenters. The highest BCUT2D eigenvalue weighted by Crippen LogP contribution is 2.44. The first-order valence-corrected chi connectivity index (χ1v) is 8.54. The van der Waals surface area contributed by atoms with Crippen LogP contribution in [0, 0.1) is 5.82 Å². The van der Waals surface area contributed by atoms with E-state index in [-0.39, 0.29) is 17.4 Å². The third kappa shape index (κ3) is 2.49. The van der Waals surface area contributed by atoms with Crippen molar-refractivity contribution in [2.75, 3.05) is 13.1 Å². The third-order valence-corrected chi connectivity index (χ3v) is 4.89. The molecule has 4 rings (SSSR count). The Balaban J connectivity index is 2.03. The molecule has 0 bridgehead atoms. The molecule has 0 fully saturated rings. The van der Waals surface area contributed by atoms with Crippen LogP contribution in [0.3, 0.4) is 0 Å². The molecule has 1 aromatic carbocycles. The molecule has 0 spiro atoms. The van der Waals surface area contributed by atoms with Crippen molar-refractivity contribution >= 4 is 27.7 Å². The van der Waals surface area contributed by atoms with Gasteiger partial charge in [0.15, 0.2) is 11.5 Å². The Morgan fingerprint density at radius 1 is 1.23 bits per heavy atom. The number of pyridine rings is 1. The number of halogens is 4. The van der Waals surface area contributed by atoms with Gasteiger partial charge in [0.25, 0.3) is 5.92 Å². The molecule has 26 heavy (non-hydrogen) atoms. The fraction of sp³-hybridized carbons (Fsp3) is 0.235. The number of fused-ring (bicyclic) bond motifs is 1. The van der Waals surface area contributed by atoms with E-state index in [4.69, 9.17) is 5.73 Å². The molecule has 2 aromatic rings. The van der Waals surface area contributed by atoms with Gasteiger partial charge in [-0.1, -0.05) is 28.1 Å². The zero-order valence-electron chi connectivity index (χ0n) is 13.3. The Kier molecular flexibility index (Phi) is 3.80. The first-order chi connectivity index (χ1) is 12.3. The Labute approximate surface area is 155 Å². The second-order valence-electron chi connectivity index (χ2n) is 6.13. The van der Waals surface area contributed by atoms with Crippen molar-refractivity contribution < 1.29 is 13.2 Å². The second kappa shape index (κ2) is 5.80. The maximum Gasteiger partial charge on any atom is 0.284 e. The van der Waals surface area contributed by atoms with Crippen LogP contribution in [0.25, 0.3) is 0 Å². The van der Waals surface area contributed by atoms with Crippen LogP contribution in [0.2, 0.25) is 0 Å². The molecule has 0 aliphatic carbocycles. The van der Waals surface area contributed by atoms with E-state index in [1.54, 1.807) is 24.3 Å². The van der Waals surface area contributed by atoms with E-state index in [2.05, 4.69) is 30.9 Å².